The van der Waals surface area contributed by atoms with Gasteiger partial charge < -0.3 is 9.47 Å². The Kier molecular flexibility index (Phi) is 3.39. The normalized spacial score (nSPS) is 22.9. The highest BCUT2D eigenvalue weighted by molar-refractivity contribution is 6.00. The van der Waals surface area contributed by atoms with E-state index in [4.69, 9.17) is 9.47 Å². The van der Waals surface area contributed by atoms with E-state index in [1.807, 2.05) is 20.8 Å². The second kappa shape index (κ2) is 4.60. The summed E-state index contributed by atoms with van der Waals surface area (Å²) in [7, 11) is 1.63. The zero-order valence-corrected chi connectivity index (χ0v) is 11.7. The molecule has 1 aromatic carbocycles. The van der Waals surface area contributed by atoms with Gasteiger partial charge in [-0.25, -0.2) is 4.39 Å². The highest BCUT2D eigenvalue weighted by atomic mass is 19.1. The van der Waals surface area contributed by atoms with E-state index in [1.165, 1.54) is 18.2 Å². The summed E-state index contributed by atoms with van der Waals surface area (Å²) in [6, 6.07) is 4.03. The number of fused-ring (bicyclic) bond motifs is 1. The molecule has 1 atom stereocenters. The van der Waals surface area contributed by atoms with Gasteiger partial charge in [-0.3, -0.25) is 4.79 Å². The minimum atomic E-state index is -0.669. The monoisotopic (exact) mass is 266 g/mol. The molecule has 1 aliphatic rings. The number of carbonyl (C=O) groups excluding carboxylic acids is 1. The van der Waals surface area contributed by atoms with Crippen LogP contribution in [0, 0.1) is 5.82 Å². The molecule has 4 heteroatoms. The molecule has 0 fully saturated rings. The first-order valence-corrected chi connectivity index (χ1v) is 6.32. The van der Waals surface area contributed by atoms with E-state index >= 15 is 0 Å². The predicted molar refractivity (Wildman–Crippen MR) is 70.1 cm³/mol. The number of benzene rings is 1. The highest BCUT2D eigenvalue weighted by Crippen LogP contribution is 2.38. The van der Waals surface area contributed by atoms with Crippen molar-refractivity contribution in [3.63, 3.8) is 0 Å². The number of rotatable bonds is 3. The van der Waals surface area contributed by atoms with Gasteiger partial charge in [0.1, 0.15) is 17.2 Å². The quantitative estimate of drug-likeness (QED) is 0.841. The fourth-order valence-electron chi connectivity index (χ4n) is 2.62. The Balaban J connectivity index is 2.31. The molecule has 1 heterocycles. The van der Waals surface area contributed by atoms with E-state index in [9.17, 15) is 9.18 Å². The molecule has 0 amide bonds. The van der Waals surface area contributed by atoms with Gasteiger partial charge >= 0.3 is 0 Å². The van der Waals surface area contributed by atoms with Crippen LogP contribution in [0.5, 0.6) is 5.75 Å². The number of hydrogen-bond acceptors (Lipinski definition) is 3. The molecule has 0 aliphatic carbocycles. The molecule has 0 spiro atoms. The third kappa shape index (κ3) is 2.95. The largest absolute Gasteiger partial charge is 0.486 e. The first-order valence-electron chi connectivity index (χ1n) is 6.32. The molecule has 0 bridgehead atoms. The maximum atomic E-state index is 13.3. The SMILES string of the molecule is COC(C)(C)CC1(C)CC(=O)c2ccc(F)cc2O1. The summed E-state index contributed by atoms with van der Waals surface area (Å²) >= 11 is 0. The Labute approximate surface area is 112 Å². The number of hydrogen-bond donors (Lipinski definition) is 0. The first-order chi connectivity index (χ1) is 8.75. The smallest absolute Gasteiger partial charge is 0.170 e. The fraction of sp³-hybridized carbons (Fsp3) is 0.533. The molecule has 19 heavy (non-hydrogen) atoms. The predicted octanol–water partition coefficient (Wildman–Crippen LogP) is 3.36. The molecular weight excluding hydrogens is 247 g/mol. The van der Waals surface area contributed by atoms with Gasteiger partial charge in [-0.1, -0.05) is 0 Å². The van der Waals surface area contributed by atoms with Gasteiger partial charge in [0.05, 0.1) is 17.6 Å². The molecule has 3 nitrogen and oxygen atoms in total. The third-order valence-corrected chi connectivity index (χ3v) is 3.49. The van der Waals surface area contributed by atoms with Crippen LogP contribution in [0.4, 0.5) is 4.39 Å². The van der Waals surface area contributed by atoms with Crippen molar-refractivity contribution in [3.05, 3.63) is 29.6 Å². The Hall–Kier alpha value is -1.42. The molecular formula is C15H19FO3. The summed E-state index contributed by atoms with van der Waals surface area (Å²) < 4.78 is 24.5. The lowest BCUT2D eigenvalue weighted by atomic mass is 9.83. The Morgan fingerprint density at radius 1 is 1.47 bits per heavy atom. The van der Waals surface area contributed by atoms with E-state index in [1.54, 1.807) is 7.11 Å². The Morgan fingerprint density at radius 3 is 2.79 bits per heavy atom. The standard InChI is InChI=1S/C15H19FO3/c1-14(2,18-4)9-15(3)8-12(17)11-6-5-10(16)7-13(11)19-15/h5-7H,8-9H2,1-4H3. The van der Waals surface area contributed by atoms with Gasteiger partial charge in [0, 0.05) is 19.6 Å². The van der Waals surface area contributed by atoms with Crippen LogP contribution in [-0.4, -0.2) is 24.1 Å². The van der Waals surface area contributed by atoms with Crippen LogP contribution in [0.1, 0.15) is 44.0 Å². The van der Waals surface area contributed by atoms with Gasteiger partial charge in [-0.05, 0) is 32.9 Å². The Bertz CT molecular complexity index is 510. The molecule has 0 saturated heterocycles. The summed E-state index contributed by atoms with van der Waals surface area (Å²) in [5, 5.41) is 0. The molecule has 0 N–H and O–H groups in total. The topological polar surface area (TPSA) is 35.5 Å². The van der Waals surface area contributed by atoms with Crippen LogP contribution in [0.3, 0.4) is 0 Å². The average Bonchev–Trinajstić information content (AvgIpc) is 2.26. The van der Waals surface area contributed by atoms with E-state index in [-0.39, 0.29) is 12.2 Å². The van der Waals surface area contributed by atoms with Crippen molar-refractivity contribution in [2.45, 2.75) is 44.8 Å². The molecule has 0 radical (unpaired) electrons. The van der Waals surface area contributed by atoms with Crippen LogP contribution in [0.25, 0.3) is 0 Å². The fourth-order valence-corrected chi connectivity index (χ4v) is 2.62. The van der Waals surface area contributed by atoms with Gasteiger partial charge in [0.2, 0.25) is 0 Å². The van der Waals surface area contributed by atoms with Gasteiger partial charge in [-0.2, -0.15) is 0 Å². The van der Waals surface area contributed by atoms with Crippen molar-refractivity contribution in [1.29, 1.82) is 0 Å². The average molecular weight is 266 g/mol. The number of carbonyl (C=O) groups is 1. The molecule has 1 unspecified atom stereocenters. The van der Waals surface area contributed by atoms with Crippen LogP contribution < -0.4 is 4.74 Å². The number of Topliss-reactive ketones (excluding diaryl/α,β-unsaturated/α-hetero) is 1. The number of ketones is 1. The lowest BCUT2D eigenvalue weighted by Crippen LogP contribution is -2.45. The number of ether oxygens (including phenoxy) is 2. The van der Waals surface area contributed by atoms with Crippen molar-refractivity contribution in [3.8, 4) is 5.75 Å². The minimum Gasteiger partial charge on any atom is -0.486 e. The van der Waals surface area contributed by atoms with E-state index in [2.05, 4.69) is 0 Å². The third-order valence-electron chi connectivity index (χ3n) is 3.49. The van der Waals surface area contributed by atoms with E-state index < -0.39 is 17.0 Å². The zero-order chi connectivity index (χ0) is 14.3. The van der Waals surface area contributed by atoms with Crippen molar-refractivity contribution in [1.82, 2.24) is 0 Å². The van der Waals surface area contributed by atoms with E-state index in [0.717, 1.165) is 0 Å². The van der Waals surface area contributed by atoms with E-state index in [0.29, 0.717) is 17.7 Å². The van der Waals surface area contributed by atoms with Gasteiger partial charge in [-0.15, -0.1) is 0 Å². The van der Waals surface area contributed by atoms with Crippen molar-refractivity contribution < 1.29 is 18.7 Å². The second-order valence-corrected chi connectivity index (χ2v) is 5.93. The summed E-state index contributed by atoms with van der Waals surface area (Å²) in [5.74, 6) is -0.0943. The molecule has 0 aromatic heterocycles. The second-order valence-electron chi connectivity index (χ2n) is 5.93. The molecule has 104 valence electrons. The van der Waals surface area contributed by atoms with Crippen molar-refractivity contribution >= 4 is 5.78 Å². The highest BCUT2D eigenvalue weighted by Gasteiger charge is 2.40. The molecule has 2 rings (SSSR count). The summed E-state index contributed by atoms with van der Waals surface area (Å²) in [5.41, 5.74) is -0.619. The van der Waals surface area contributed by atoms with Gasteiger partial charge in [0.15, 0.2) is 5.78 Å². The van der Waals surface area contributed by atoms with Crippen LogP contribution in [0.2, 0.25) is 0 Å². The van der Waals surface area contributed by atoms with Crippen LogP contribution in [-0.2, 0) is 4.74 Å². The van der Waals surface area contributed by atoms with Crippen molar-refractivity contribution in [2.75, 3.05) is 7.11 Å². The van der Waals surface area contributed by atoms with Crippen LogP contribution >= 0.6 is 0 Å². The molecule has 0 saturated carbocycles. The first kappa shape index (κ1) is 14.0. The minimum absolute atomic E-state index is 0.0179. The maximum Gasteiger partial charge on any atom is 0.170 e. The number of methoxy groups -OCH3 is 1. The molecule has 1 aliphatic heterocycles. The van der Waals surface area contributed by atoms with Gasteiger partial charge in [0.25, 0.3) is 0 Å². The zero-order valence-electron chi connectivity index (χ0n) is 11.7. The summed E-state index contributed by atoms with van der Waals surface area (Å²) in [4.78, 5) is 12.1. The maximum absolute atomic E-state index is 13.3. The lowest BCUT2D eigenvalue weighted by Gasteiger charge is -2.39. The summed E-state index contributed by atoms with van der Waals surface area (Å²) in [6.07, 6.45) is 0.830. The van der Waals surface area contributed by atoms with Crippen LogP contribution in [0.15, 0.2) is 18.2 Å². The number of halogens is 1. The summed E-state index contributed by atoms with van der Waals surface area (Å²) in [6.45, 7) is 5.74. The molecule has 1 aromatic rings. The Morgan fingerprint density at radius 2 is 2.16 bits per heavy atom. The van der Waals surface area contributed by atoms with Crippen molar-refractivity contribution in [2.24, 2.45) is 0 Å². The lowest BCUT2D eigenvalue weighted by molar-refractivity contribution is -0.0502.